The van der Waals surface area contributed by atoms with Gasteiger partial charge in [0, 0.05) is 0 Å². The second-order valence-electron chi connectivity index (χ2n) is 2.94. The number of rotatable bonds is 2. The third-order valence-corrected chi connectivity index (χ3v) is 3.37. The van der Waals surface area contributed by atoms with Crippen LogP contribution in [-0.2, 0) is 4.74 Å². The largest absolute Gasteiger partial charge is 0.462 e. The van der Waals surface area contributed by atoms with Crippen LogP contribution in [0.4, 0.5) is 0 Å². The molecule has 1 aliphatic heterocycles. The topological polar surface area (TPSA) is 65.2 Å². The van der Waals surface area contributed by atoms with Crippen molar-refractivity contribution in [1.29, 1.82) is 0 Å². The molecule has 14 heavy (non-hydrogen) atoms. The Morgan fingerprint density at radius 3 is 3.14 bits per heavy atom. The van der Waals surface area contributed by atoms with Crippen molar-refractivity contribution in [1.82, 2.24) is 10.2 Å². The van der Waals surface area contributed by atoms with E-state index in [2.05, 4.69) is 14.9 Å². The fourth-order valence-corrected chi connectivity index (χ4v) is 2.50. The third-order valence-electron chi connectivity index (χ3n) is 2.01. The van der Waals surface area contributed by atoms with E-state index < -0.39 is 5.97 Å². The molecule has 1 unspecified atom stereocenters. The number of thioether (sulfide) groups is 1. The average molecular weight is 214 g/mol. The van der Waals surface area contributed by atoms with Crippen LogP contribution < -0.4 is 0 Å². The molecule has 1 aromatic heterocycles. The molecule has 1 aromatic rings. The summed E-state index contributed by atoms with van der Waals surface area (Å²) in [5.74, 6) is 1.01. The zero-order valence-electron chi connectivity index (χ0n) is 7.73. The minimum absolute atomic E-state index is 0.0602. The number of hydrogen-bond donors (Lipinski definition) is 0. The van der Waals surface area contributed by atoms with Crippen LogP contribution in [0.3, 0.4) is 0 Å². The maximum Gasteiger partial charge on any atom is 0.396 e. The van der Waals surface area contributed by atoms with E-state index in [1.807, 2.05) is 0 Å². The Morgan fingerprint density at radius 1 is 1.64 bits per heavy atom. The van der Waals surface area contributed by atoms with Gasteiger partial charge in [0.2, 0.25) is 5.89 Å². The van der Waals surface area contributed by atoms with Crippen LogP contribution >= 0.6 is 11.8 Å². The highest BCUT2D eigenvalue weighted by Crippen LogP contribution is 2.38. The number of ether oxygens (including phenoxy) is 1. The molecule has 2 heterocycles. The highest BCUT2D eigenvalue weighted by molar-refractivity contribution is 7.99. The molecule has 2 rings (SSSR count). The van der Waals surface area contributed by atoms with Gasteiger partial charge < -0.3 is 9.15 Å². The Hall–Kier alpha value is -1.04. The molecule has 0 saturated carbocycles. The lowest BCUT2D eigenvalue weighted by molar-refractivity contribution is 0.0554. The predicted molar refractivity (Wildman–Crippen MR) is 50.1 cm³/mol. The summed E-state index contributed by atoms with van der Waals surface area (Å²) in [6, 6.07) is 0. The lowest BCUT2D eigenvalue weighted by Gasteiger charge is -1.99. The number of hydrogen-bond acceptors (Lipinski definition) is 6. The molecular weight excluding hydrogens is 204 g/mol. The minimum atomic E-state index is -0.577. The van der Waals surface area contributed by atoms with Crippen LogP contribution in [0, 0.1) is 0 Å². The van der Waals surface area contributed by atoms with Gasteiger partial charge in [-0.3, -0.25) is 0 Å². The summed E-state index contributed by atoms with van der Waals surface area (Å²) in [6.07, 6.45) is 2.19. The summed E-state index contributed by atoms with van der Waals surface area (Å²) in [5.41, 5.74) is 0. The first-order chi connectivity index (χ1) is 6.81. The molecule has 0 aliphatic carbocycles. The molecule has 0 amide bonds. The zero-order chi connectivity index (χ0) is 9.97. The molecule has 0 spiro atoms. The first-order valence-electron chi connectivity index (χ1n) is 4.34. The van der Waals surface area contributed by atoms with Gasteiger partial charge in [0.05, 0.1) is 12.4 Å². The Kier molecular flexibility index (Phi) is 2.72. The van der Waals surface area contributed by atoms with E-state index in [0.29, 0.717) is 5.89 Å². The maximum atomic E-state index is 11.0. The molecular formula is C8H10N2O3S. The van der Waals surface area contributed by atoms with E-state index in [9.17, 15) is 4.79 Å². The maximum absolute atomic E-state index is 11.0. The number of methoxy groups -OCH3 is 1. The monoisotopic (exact) mass is 214 g/mol. The van der Waals surface area contributed by atoms with E-state index in [1.165, 1.54) is 7.11 Å². The van der Waals surface area contributed by atoms with Crippen LogP contribution in [0.2, 0.25) is 0 Å². The summed E-state index contributed by atoms with van der Waals surface area (Å²) >= 11 is 1.78. The number of esters is 1. The molecule has 6 heteroatoms. The van der Waals surface area contributed by atoms with E-state index in [-0.39, 0.29) is 11.1 Å². The minimum Gasteiger partial charge on any atom is -0.462 e. The van der Waals surface area contributed by atoms with Gasteiger partial charge in [-0.15, -0.1) is 22.0 Å². The smallest absolute Gasteiger partial charge is 0.396 e. The lowest BCUT2D eigenvalue weighted by atomic mass is 10.2. The molecule has 0 aromatic carbocycles. The van der Waals surface area contributed by atoms with Gasteiger partial charge in [-0.1, -0.05) is 0 Å². The third kappa shape index (κ3) is 1.75. The fourth-order valence-electron chi connectivity index (χ4n) is 1.31. The quantitative estimate of drug-likeness (QED) is 0.694. The second-order valence-corrected chi connectivity index (χ2v) is 4.25. The first kappa shape index (κ1) is 9.51. The number of aromatic nitrogens is 2. The molecule has 0 radical (unpaired) electrons. The molecule has 0 bridgehead atoms. The summed E-state index contributed by atoms with van der Waals surface area (Å²) < 4.78 is 9.67. The van der Waals surface area contributed by atoms with Crippen molar-refractivity contribution in [3.05, 3.63) is 11.8 Å². The fraction of sp³-hybridized carbons (Fsp3) is 0.625. The van der Waals surface area contributed by atoms with E-state index >= 15 is 0 Å². The lowest BCUT2D eigenvalue weighted by Crippen LogP contribution is -2.00. The number of carbonyl (C=O) groups excluding carboxylic acids is 1. The molecule has 1 fully saturated rings. The number of nitrogens with zero attached hydrogens (tertiary/aromatic N) is 2. The second kappa shape index (κ2) is 4.00. The van der Waals surface area contributed by atoms with Gasteiger partial charge >= 0.3 is 11.9 Å². The Bertz CT molecular complexity index is 333. The SMILES string of the molecule is COC(=O)c1nnc(C2CCCS2)o1. The molecule has 1 aliphatic rings. The first-order valence-corrected chi connectivity index (χ1v) is 5.39. The standard InChI is InChI=1S/C8H10N2O3S/c1-12-8(11)7-10-9-6(13-7)5-3-2-4-14-5/h5H,2-4H2,1H3. The van der Waals surface area contributed by atoms with Gasteiger partial charge in [0.25, 0.3) is 0 Å². The summed E-state index contributed by atoms with van der Waals surface area (Å²) in [4.78, 5) is 11.0. The van der Waals surface area contributed by atoms with Crippen LogP contribution in [0.25, 0.3) is 0 Å². The van der Waals surface area contributed by atoms with Crippen molar-refractivity contribution in [2.75, 3.05) is 12.9 Å². The molecule has 76 valence electrons. The van der Waals surface area contributed by atoms with Crippen LogP contribution in [0.1, 0.15) is 34.7 Å². The van der Waals surface area contributed by atoms with Gasteiger partial charge in [0.15, 0.2) is 0 Å². The normalized spacial score (nSPS) is 21.1. The van der Waals surface area contributed by atoms with Crippen molar-refractivity contribution in [2.24, 2.45) is 0 Å². The molecule has 1 saturated heterocycles. The summed E-state index contributed by atoms with van der Waals surface area (Å²) in [7, 11) is 1.29. The molecule has 1 atom stereocenters. The van der Waals surface area contributed by atoms with Crippen molar-refractivity contribution in [2.45, 2.75) is 18.1 Å². The van der Waals surface area contributed by atoms with Gasteiger partial charge in [-0.05, 0) is 18.6 Å². The highest BCUT2D eigenvalue weighted by atomic mass is 32.2. The average Bonchev–Trinajstić information content (AvgIpc) is 2.86. The van der Waals surface area contributed by atoms with Crippen molar-refractivity contribution >= 4 is 17.7 Å². The van der Waals surface area contributed by atoms with Crippen LogP contribution in [-0.4, -0.2) is 29.0 Å². The zero-order valence-corrected chi connectivity index (χ0v) is 8.54. The Labute approximate surface area is 85.2 Å². The van der Waals surface area contributed by atoms with E-state index in [1.54, 1.807) is 11.8 Å². The summed E-state index contributed by atoms with van der Waals surface area (Å²) in [6.45, 7) is 0. The van der Waals surface area contributed by atoms with Gasteiger partial charge in [0.1, 0.15) is 0 Å². The van der Waals surface area contributed by atoms with Gasteiger partial charge in [-0.25, -0.2) is 4.79 Å². The Morgan fingerprint density at radius 2 is 2.50 bits per heavy atom. The van der Waals surface area contributed by atoms with Crippen molar-refractivity contribution in [3.8, 4) is 0 Å². The van der Waals surface area contributed by atoms with Crippen LogP contribution in [0.5, 0.6) is 0 Å². The Balaban J connectivity index is 2.12. The summed E-state index contributed by atoms with van der Waals surface area (Å²) in [5, 5.41) is 7.71. The highest BCUT2D eigenvalue weighted by Gasteiger charge is 2.25. The van der Waals surface area contributed by atoms with E-state index in [4.69, 9.17) is 4.42 Å². The van der Waals surface area contributed by atoms with Crippen molar-refractivity contribution < 1.29 is 13.9 Å². The predicted octanol–water partition coefficient (Wildman–Crippen LogP) is 1.42. The molecule has 5 nitrogen and oxygen atoms in total. The van der Waals surface area contributed by atoms with E-state index in [0.717, 1.165) is 18.6 Å². The number of carbonyl (C=O) groups is 1. The molecule has 0 N–H and O–H groups in total. The van der Waals surface area contributed by atoms with Gasteiger partial charge in [-0.2, -0.15) is 0 Å². The van der Waals surface area contributed by atoms with Crippen LogP contribution in [0.15, 0.2) is 4.42 Å². The van der Waals surface area contributed by atoms with Crippen molar-refractivity contribution in [3.63, 3.8) is 0 Å².